The molecule has 0 bridgehead atoms. The topological polar surface area (TPSA) is 24.9 Å². The Morgan fingerprint density at radius 2 is 2.29 bits per heavy atom. The van der Waals surface area contributed by atoms with Crippen molar-refractivity contribution in [3.05, 3.63) is 16.6 Å². The van der Waals surface area contributed by atoms with Crippen molar-refractivity contribution in [1.29, 1.82) is 0 Å². The predicted octanol–water partition coefficient (Wildman–Crippen LogP) is 2.71. The Hall–Kier alpha value is -0.410. The van der Waals surface area contributed by atoms with E-state index in [4.69, 9.17) is 0 Å². The summed E-state index contributed by atoms with van der Waals surface area (Å²) < 4.78 is 0. The van der Waals surface area contributed by atoms with E-state index < -0.39 is 0 Å². The van der Waals surface area contributed by atoms with Crippen molar-refractivity contribution in [3.8, 4) is 0 Å². The Bertz CT molecular complexity index is 231. The Morgan fingerprint density at radius 3 is 2.79 bits per heavy atom. The highest BCUT2D eigenvalue weighted by atomic mass is 32.1. The van der Waals surface area contributed by atoms with E-state index in [1.807, 2.05) is 5.51 Å². The molecule has 0 radical (unpaired) electrons. The maximum atomic E-state index is 4.26. The molecule has 1 rings (SSSR count). The van der Waals surface area contributed by atoms with Gasteiger partial charge >= 0.3 is 0 Å². The lowest BCUT2D eigenvalue weighted by molar-refractivity contribution is 0.391. The lowest BCUT2D eigenvalue weighted by Crippen LogP contribution is -2.34. The first kappa shape index (κ1) is 11.7. The van der Waals surface area contributed by atoms with Gasteiger partial charge in [-0.15, -0.1) is 11.3 Å². The van der Waals surface area contributed by atoms with Gasteiger partial charge in [0.15, 0.2) is 0 Å². The molecule has 3 heteroatoms. The Balaban J connectivity index is 2.20. The zero-order valence-corrected chi connectivity index (χ0v) is 10.1. The van der Waals surface area contributed by atoms with Crippen LogP contribution < -0.4 is 5.32 Å². The SMILES string of the molecule is CCC(NCCc1cscn1)C(C)C. The molecule has 14 heavy (non-hydrogen) atoms. The molecule has 1 N–H and O–H groups in total. The van der Waals surface area contributed by atoms with Gasteiger partial charge in [-0.05, 0) is 12.3 Å². The van der Waals surface area contributed by atoms with Crippen molar-refractivity contribution < 1.29 is 0 Å². The van der Waals surface area contributed by atoms with E-state index in [0.29, 0.717) is 6.04 Å². The summed E-state index contributed by atoms with van der Waals surface area (Å²) in [7, 11) is 0. The van der Waals surface area contributed by atoms with Crippen LogP contribution in [0.4, 0.5) is 0 Å². The molecule has 0 aliphatic rings. The normalized spacial score (nSPS) is 13.4. The second-order valence-corrected chi connectivity index (χ2v) is 4.66. The molecule has 80 valence electrons. The standard InChI is InChI=1S/C11H20N2S/c1-4-11(9(2)3)12-6-5-10-7-14-8-13-10/h7-9,11-12H,4-6H2,1-3H3. The second-order valence-electron chi connectivity index (χ2n) is 3.94. The fourth-order valence-corrected chi connectivity index (χ4v) is 2.19. The molecule has 1 aromatic rings. The van der Waals surface area contributed by atoms with Crippen LogP contribution in [0, 0.1) is 5.92 Å². The van der Waals surface area contributed by atoms with Gasteiger partial charge in [-0.25, -0.2) is 4.98 Å². The van der Waals surface area contributed by atoms with E-state index in [1.165, 1.54) is 12.1 Å². The molecule has 0 aliphatic carbocycles. The van der Waals surface area contributed by atoms with E-state index in [0.717, 1.165) is 18.9 Å². The van der Waals surface area contributed by atoms with Crippen molar-refractivity contribution in [3.63, 3.8) is 0 Å². The third-order valence-electron chi connectivity index (χ3n) is 2.52. The van der Waals surface area contributed by atoms with Crippen molar-refractivity contribution in [2.75, 3.05) is 6.54 Å². The molecule has 2 nitrogen and oxygen atoms in total. The number of hydrogen-bond acceptors (Lipinski definition) is 3. The Morgan fingerprint density at radius 1 is 1.50 bits per heavy atom. The van der Waals surface area contributed by atoms with Gasteiger partial charge in [0.2, 0.25) is 0 Å². The van der Waals surface area contributed by atoms with Gasteiger partial charge in [-0.3, -0.25) is 0 Å². The summed E-state index contributed by atoms with van der Waals surface area (Å²) in [6, 6.07) is 0.647. The second kappa shape index (κ2) is 6.14. The average Bonchev–Trinajstić information content (AvgIpc) is 2.64. The summed E-state index contributed by atoms with van der Waals surface area (Å²) in [5.74, 6) is 0.718. The van der Waals surface area contributed by atoms with E-state index in [-0.39, 0.29) is 0 Å². The third-order valence-corrected chi connectivity index (χ3v) is 3.15. The molecule has 1 atom stereocenters. The molecule has 0 spiro atoms. The lowest BCUT2D eigenvalue weighted by atomic mass is 10.0. The van der Waals surface area contributed by atoms with Crippen LogP contribution in [0.15, 0.2) is 10.9 Å². The first-order valence-electron chi connectivity index (χ1n) is 5.34. The molecule has 0 saturated heterocycles. The number of rotatable bonds is 6. The first-order chi connectivity index (χ1) is 6.74. The Kier molecular flexibility index (Phi) is 5.12. The van der Waals surface area contributed by atoms with E-state index in [2.05, 4.69) is 36.5 Å². The van der Waals surface area contributed by atoms with Gasteiger partial charge < -0.3 is 5.32 Å². The zero-order valence-electron chi connectivity index (χ0n) is 9.29. The van der Waals surface area contributed by atoms with Gasteiger partial charge in [0.25, 0.3) is 0 Å². The maximum Gasteiger partial charge on any atom is 0.0794 e. The number of nitrogens with zero attached hydrogens (tertiary/aromatic N) is 1. The molecule has 1 aromatic heterocycles. The van der Waals surface area contributed by atoms with E-state index in [9.17, 15) is 0 Å². The molecule has 1 heterocycles. The summed E-state index contributed by atoms with van der Waals surface area (Å²) >= 11 is 1.67. The lowest BCUT2D eigenvalue weighted by Gasteiger charge is -2.20. The van der Waals surface area contributed by atoms with Gasteiger partial charge in [0.1, 0.15) is 0 Å². The van der Waals surface area contributed by atoms with Gasteiger partial charge in [-0.1, -0.05) is 20.8 Å². The van der Waals surface area contributed by atoms with Crippen LogP contribution in [0.2, 0.25) is 0 Å². The summed E-state index contributed by atoms with van der Waals surface area (Å²) in [5, 5.41) is 5.69. The fourth-order valence-electron chi connectivity index (χ4n) is 1.60. The number of hydrogen-bond donors (Lipinski definition) is 1. The van der Waals surface area contributed by atoms with Gasteiger partial charge in [0, 0.05) is 24.4 Å². The zero-order chi connectivity index (χ0) is 10.4. The average molecular weight is 212 g/mol. The van der Waals surface area contributed by atoms with Crippen LogP contribution in [0.25, 0.3) is 0 Å². The van der Waals surface area contributed by atoms with E-state index in [1.54, 1.807) is 11.3 Å². The highest BCUT2D eigenvalue weighted by Crippen LogP contribution is 2.06. The van der Waals surface area contributed by atoms with Gasteiger partial charge in [0.05, 0.1) is 11.2 Å². The molecule has 1 unspecified atom stereocenters. The number of nitrogens with one attached hydrogen (secondary N) is 1. The predicted molar refractivity (Wildman–Crippen MR) is 62.7 cm³/mol. The highest BCUT2D eigenvalue weighted by molar-refractivity contribution is 7.07. The fraction of sp³-hybridized carbons (Fsp3) is 0.727. The monoisotopic (exact) mass is 212 g/mol. The molecule has 0 saturated carbocycles. The van der Waals surface area contributed by atoms with E-state index >= 15 is 0 Å². The molecule has 0 aliphatic heterocycles. The molecular weight excluding hydrogens is 192 g/mol. The minimum Gasteiger partial charge on any atom is -0.313 e. The summed E-state index contributed by atoms with van der Waals surface area (Å²) in [5.41, 5.74) is 3.11. The molecule has 0 amide bonds. The largest absolute Gasteiger partial charge is 0.313 e. The van der Waals surface area contributed by atoms with Crippen LogP contribution >= 0.6 is 11.3 Å². The van der Waals surface area contributed by atoms with Crippen molar-refractivity contribution in [1.82, 2.24) is 10.3 Å². The maximum absolute atomic E-state index is 4.26. The summed E-state index contributed by atoms with van der Waals surface area (Å²) in [6.45, 7) is 7.81. The third kappa shape index (κ3) is 3.76. The van der Waals surface area contributed by atoms with Crippen molar-refractivity contribution in [2.45, 2.75) is 39.7 Å². The molecule has 0 fully saturated rings. The van der Waals surface area contributed by atoms with Gasteiger partial charge in [-0.2, -0.15) is 0 Å². The van der Waals surface area contributed by atoms with Crippen LogP contribution in [-0.2, 0) is 6.42 Å². The van der Waals surface area contributed by atoms with Crippen LogP contribution in [0.1, 0.15) is 32.9 Å². The quantitative estimate of drug-likeness (QED) is 0.784. The number of thiazole rings is 1. The summed E-state index contributed by atoms with van der Waals surface area (Å²) in [6.07, 6.45) is 2.25. The minimum absolute atomic E-state index is 0.647. The summed E-state index contributed by atoms with van der Waals surface area (Å²) in [4.78, 5) is 4.26. The van der Waals surface area contributed by atoms with Crippen molar-refractivity contribution >= 4 is 11.3 Å². The molecular formula is C11H20N2S. The highest BCUT2D eigenvalue weighted by Gasteiger charge is 2.09. The van der Waals surface area contributed by atoms with Crippen LogP contribution in [0.5, 0.6) is 0 Å². The Labute approximate surface area is 90.8 Å². The van der Waals surface area contributed by atoms with Crippen LogP contribution in [-0.4, -0.2) is 17.6 Å². The first-order valence-corrected chi connectivity index (χ1v) is 6.28. The van der Waals surface area contributed by atoms with Crippen LogP contribution in [0.3, 0.4) is 0 Å². The van der Waals surface area contributed by atoms with Crippen molar-refractivity contribution in [2.24, 2.45) is 5.92 Å². The smallest absolute Gasteiger partial charge is 0.0794 e. The minimum atomic E-state index is 0.647. The number of aromatic nitrogens is 1. The molecule has 0 aromatic carbocycles.